The van der Waals surface area contributed by atoms with Crippen LogP contribution in [0.4, 0.5) is 5.82 Å². The van der Waals surface area contributed by atoms with Crippen molar-refractivity contribution in [3.05, 3.63) is 36.1 Å². The number of carbonyl (C=O) groups is 1. The quantitative estimate of drug-likeness (QED) is 0.595. The van der Waals surface area contributed by atoms with Crippen LogP contribution in [0.1, 0.15) is 42.7 Å². The molecule has 2 aliphatic rings. The molecule has 0 saturated carbocycles. The summed E-state index contributed by atoms with van der Waals surface area (Å²) in [4.78, 5) is 14.1. The lowest BCUT2D eigenvalue weighted by Gasteiger charge is -2.43. The average molecular weight is 422 g/mol. The first kappa shape index (κ1) is 19.8. The van der Waals surface area contributed by atoms with Gasteiger partial charge in [0.1, 0.15) is 11.3 Å². The number of furan rings is 1. The van der Waals surface area contributed by atoms with Gasteiger partial charge in [-0.25, -0.2) is 0 Å². The lowest BCUT2D eigenvalue weighted by Crippen LogP contribution is -2.54. The van der Waals surface area contributed by atoms with Crippen LogP contribution in [-0.2, 0) is 0 Å². The van der Waals surface area contributed by atoms with Crippen molar-refractivity contribution in [2.24, 2.45) is 0 Å². The molecule has 0 spiro atoms. The van der Waals surface area contributed by atoms with Crippen molar-refractivity contribution in [3.63, 3.8) is 0 Å². The van der Waals surface area contributed by atoms with Crippen LogP contribution in [0.15, 0.2) is 34.7 Å². The number of anilines is 1. The van der Waals surface area contributed by atoms with Crippen molar-refractivity contribution in [1.82, 2.24) is 20.8 Å². The smallest absolute Gasteiger partial charge is 0.286 e. The van der Waals surface area contributed by atoms with Crippen molar-refractivity contribution < 1.29 is 14.3 Å². The number of aromatic hydroxyl groups is 1. The molecule has 2 fully saturated rings. The van der Waals surface area contributed by atoms with Crippen LogP contribution in [0.5, 0.6) is 5.75 Å². The first-order chi connectivity index (χ1) is 15.0. The predicted molar refractivity (Wildman–Crippen MR) is 118 cm³/mol. The molecule has 8 nitrogen and oxygen atoms in total. The molecule has 0 aliphatic carbocycles. The molecule has 0 radical (unpaired) electrons. The fraction of sp³-hybridized carbons (Fsp3) is 0.435. The molecular weight excluding hydrogens is 394 g/mol. The molecule has 4 heterocycles. The number of phenols is 1. The van der Waals surface area contributed by atoms with Gasteiger partial charge in [-0.2, -0.15) is 0 Å². The normalized spacial score (nSPS) is 23.0. The molecule has 3 atom stereocenters. The third-order valence-corrected chi connectivity index (χ3v) is 6.61. The molecule has 0 unspecified atom stereocenters. The van der Waals surface area contributed by atoms with E-state index >= 15 is 0 Å². The van der Waals surface area contributed by atoms with E-state index in [-0.39, 0.29) is 17.4 Å². The highest BCUT2D eigenvalue weighted by molar-refractivity contribution is 5.97. The maximum absolute atomic E-state index is 11.8. The van der Waals surface area contributed by atoms with Crippen molar-refractivity contribution >= 4 is 22.7 Å². The van der Waals surface area contributed by atoms with Gasteiger partial charge in [0.2, 0.25) is 0 Å². The summed E-state index contributed by atoms with van der Waals surface area (Å²) >= 11 is 0. The van der Waals surface area contributed by atoms with E-state index in [0.717, 1.165) is 18.7 Å². The zero-order valence-electron chi connectivity index (χ0n) is 17.8. The predicted octanol–water partition coefficient (Wildman–Crippen LogP) is 3.06. The van der Waals surface area contributed by atoms with Crippen LogP contribution in [0, 0.1) is 0 Å². The number of carbonyl (C=O) groups excluding carboxylic acids is 1. The fourth-order valence-corrected chi connectivity index (χ4v) is 4.91. The lowest BCUT2D eigenvalue weighted by molar-refractivity contribution is 0.0938. The van der Waals surface area contributed by atoms with Gasteiger partial charge < -0.3 is 25.1 Å². The summed E-state index contributed by atoms with van der Waals surface area (Å²) in [5.74, 6) is 0.780. The zero-order valence-corrected chi connectivity index (χ0v) is 17.8. The fourth-order valence-electron chi connectivity index (χ4n) is 4.91. The average Bonchev–Trinajstić information content (AvgIpc) is 3.20. The first-order valence-electron chi connectivity index (χ1n) is 10.8. The second kappa shape index (κ2) is 7.85. The van der Waals surface area contributed by atoms with Crippen LogP contribution in [0.3, 0.4) is 0 Å². The maximum Gasteiger partial charge on any atom is 0.286 e. The monoisotopic (exact) mass is 421 g/mol. The summed E-state index contributed by atoms with van der Waals surface area (Å²) in [6, 6.07) is 10.3. The number of fused-ring (bicyclic) bond motifs is 3. The van der Waals surface area contributed by atoms with Gasteiger partial charge in [0.15, 0.2) is 11.6 Å². The van der Waals surface area contributed by atoms with E-state index < -0.39 is 0 Å². The van der Waals surface area contributed by atoms with Gasteiger partial charge >= 0.3 is 0 Å². The minimum absolute atomic E-state index is 0.0679. The molecule has 2 aliphatic heterocycles. The molecule has 2 saturated heterocycles. The van der Waals surface area contributed by atoms with Crippen molar-refractivity contribution in [2.45, 2.75) is 50.2 Å². The number of phenolic OH excluding ortho intramolecular Hbond substituents is 1. The SMILES string of the molecule is CNC(=O)c1cc2cc(O)c(-c3ccc(N(C)[C@@H]4C[C@H]5CCC[C@@H](C4)N5)nn3)cc2o1. The number of rotatable bonds is 4. The third kappa shape index (κ3) is 3.72. The molecule has 1 amide bonds. The number of nitrogens with one attached hydrogen (secondary N) is 2. The molecule has 3 aromatic rings. The Labute approximate surface area is 180 Å². The van der Waals surface area contributed by atoms with Crippen molar-refractivity contribution in [1.29, 1.82) is 0 Å². The lowest BCUT2D eigenvalue weighted by atomic mass is 9.83. The minimum Gasteiger partial charge on any atom is -0.507 e. The van der Waals surface area contributed by atoms with Gasteiger partial charge in [-0.15, -0.1) is 10.2 Å². The van der Waals surface area contributed by atoms with Gasteiger partial charge in [0.25, 0.3) is 5.91 Å². The Kier molecular flexibility index (Phi) is 5.02. The van der Waals surface area contributed by atoms with Crippen molar-refractivity contribution in [2.75, 3.05) is 19.0 Å². The number of hydrogen-bond donors (Lipinski definition) is 3. The van der Waals surface area contributed by atoms with Gasteiger partial charge in [-0.3, -0.25) is 4.79 Å². The number of hydrogen-bond acceptors (Lipinski definition) is 7. The topological polar surface area (TPSA) is 104 Å². The van der Waals surface area contributed by atoms with Gasteiger partial charge in [0, 0.05) is 43.2 Å². The number of amides is 1. The second-order valence-corrected chi connectivity index (χ2v) is 8.60. The Morgan fingerprint density at radius 3 is 2.65 bits per heavy atom. The van der Waals surface area contributed by atoms with Crippen LogP contribution in [-0.4, -0.2) is 53.4 Å². The van der Waals surface area contributed by atoms with Crippen molar-refractivity contribution in [3.8, 4) is 17.0 Å². The number of benzene rings is 1. The van der Waals surface area contributed by atoms with Crippen LogP contribution < -0.4 is 15.5 Å². The second-order valence-electron chi connectivity index (χ2n) is 8.60. The van der Waals surface area contributed by atoms with E-state index in [9.17, 15) is 9.90 Å². The first-order valence-corrected chi connectivity index (χ1v) is 10.8. The zero-order chi connectivity index (χ0) is 21.5. The molecule has 1 aromatic carbocycles. The van der Waals surface area contributed by atoms with Gasteiger partial charge in [-0.1, -0.05) is 6.42 Å². The summed E-state index contributed by atoms with van der Waals surface area (Å²) in [6.07, 6.45) is 6.07. The van der Waals surface area contributed by atoms with Gasteiger partial charge in [-0.05, 0) is 56.0 Å². The summed E-state index contributed by atoms with van der Waals surface area (Å²) < 4.78 is 5.63. The number of aromatic nitrogens is 2. The van der Waals surface area contributed by atoms with E-state index in [4.69, 9.17) is 4.42 Å². The van der Waals surface area contributed by atoms with Gasteiger partial charge in [0.05, 0.1) is 5.69 Å². The van der Waals surface area contributed by atoms with E-state index in [0.29, 0.717) is 40.4 Å². The summed E-state index contributed by atoms with van der Waals surface area (Å²) in [5.41, 5.74) is 1.58. The van der Waals surface area contributed by atoms with E-state index in [2.05, 4.69) is 32.8 Å². The van der Waals surface area contributed by atoms with Crippen LogP contribution in [0.2, 0.25) is 0 Å². The highest BCUT2D eigenvalue weighted by Crippen LogP contribution is 2.35. The molecule has 162 valence electrons. The minimum atomic E-state index is -0.313. The Balaban J connectivity index is 1.38. The Bertz CT molecular complexity index is 1100. The highest BCUT2D eigenvalue weighted by Gasteiger charge is 2.33. The third-order valence-electron chi connectivity index (χ3n) is 6.61. The Hall–Kier alpha value is -3.13. The summed E-state index contributed by atoms with van der Waals surface area (Å²) in [6.45, 7) is 0. The van der Waals surface area contributed by atoms with E-state index in [1.54, 1.807) is 25.2 Å². The van der Waals surface area contributed by atoms with E-state index in [1.807, 2.05) is 12.1 Å². The van der Waals surface area contributed by atoms with Crippen LogP contribution in [0.25, 0.3) is 22.2 Å². The molecule has 31 heavy (non-hydrogen) atoms. The Morgan fingerprint density at radius 2 is 1.97 bits per heavy atom. The molecule has 8 heteroatoms. The van der Waals surface area contributed by atoms with E-state index in [1.165, 1.54) is 19.3 Å². The molecule has 5 rings (SSSR count). The standard InChI is InChI=1S/C23H27N5O3/c1-24-23(30)21-9-13-8-19(29)17(12-20(13)31-21)18-6-7-22(27-26-18)28(2)16-10-14-4-3-5-15(11-16)25-14/h6-9,12,14-16,25,29H,3-5,10-11H2,1-2H3,(H,24,30)/t14-,15+,16-. The van der Waals surface area contributed by atoms with Crippen LogP contribution >= 0.6 is 0 Å². The number of nitrogens with zero attached hydrogens (tertiary/aromatic N) is 3. The summed E-state index contributed by atoms with van der Waals surface area (Å²) in [7, 11) is 3.63. The molecular formula is C23H27N5O3. The molecule has 2 bridgehead atoms. The maximum atomic E-state index is 11.8. The largest absolute Gasteiger partial charge is 0.507 e. The summed E-state index contributed by atoms with van der Waals surface area (Å²) in [5, 5.41) is 26.2. The highest BCUT2D eigenvalue weighted by atomic mass is 16.3. The molecule has 3 N–H and O–H groups in total. The Morgan fingerprint density at radius 1 is 1.19 bits per heavy atom. The molecule has 2 aromatic heterocycles. The number of piperidine rings is 2.